The van der Waals surface area contributed by atoms with Crippen LogP contribution in [0.1, 0.15) is 25.7 Å². The van der Waals surface area contributed by atoms with Crippen molar-refractivity contribution in [1.82, 2.24) is 0 Å². The lowest BCUT2D eigenvalue weighted by Crippen LogP contribution is -2.37. The molecule has 120 valence electrons. The summed E-state index contributed by atoms with van der Waals surface area (Å²) in [4.78, 5) is 11.2. The van der Waals surface area contributed by atoms with Crippen LogP contribution in [0, 0.1) is 0 Å². The van der Waals surface area contributed by atoms with Crippen LogP contribution in [-0.2, 0) is 14.3 Å². The summed E-state index contributed by atoms with van der Waals surface area (Å²) in [5, 5.41) is 0. The molecule has 1 atom stereocenters. The quantitative estimate of drug-likeness (QED) is 0.525. The van der Waals surface area contributed by atoms with E-state index in [1.807, 2.05) is 0 Å². The van der Waals surface area contributed by atoms with Gasteiger partial charge in [0.2, 0.25) is 0 Å². The maximum absolute atomic E-state index is 12.4. The molecule has 1 unspecified atom stereocenters. The highest BCUT2D eigenvalue weighted by molar-refractivity contribution is 5.88. The summed E-state index contributed by atoms with van der Waals surface area (Å²) in [6, 6.07) is 0. The van der Waals surface area contributed by atoms with Crippen LogP contribution >= 0.6 is 0 Å². The molecule has 0 rings (SSSR count). The minimum Gasteiger partial charge on any atom is -0.381 e. The van der Waals surface area contributed by atoms with Gasteiger partial charge < -0.3 is 20.9 Å². The summed E-state index contributed by atoms with van der Waals surface area (Å²) in [6.45, 7) is 1.58. The molecular weight excluding hydrogens is 277 g/mol. The molecule has 0 saturated heterocycles. The number of Topliss-reactive ketones (excluding diaryl/α,β-unsaturated/α-hetero) is 1. The van der Waals surface area contributed by atoms with Gasteiger partial charge in [-0.3, -0.25) is 4.79 Å². The van der Waals surface area contributed by atoms with Gasteiger partial charge in [0, 0.05) is 19.8 Å². The number of carbonyl (C=O) groups excluding carboxylic acids is 1. The Hall–Kier alpha value is -0.700. The van der Waals surface area contributed by atoms with E-state index in [4.69, 9.17) is 20.9 Å². The molecule has 0 aliphatic heterocycles. The Balaban J connectivity index is 4.08. The van der Waals surface area contributed by atoms with E-state index < -0.39 is 18.1 Å². The van der Waals surface area contributed by atoms with E-state index in [1.165, 1.54) is 0 Å². The van der Waals surface area contributed by atoms with Gasteiger partial charge in [-0.05, 0) is 38.8 Å². The average molecular weight is 300 g/mol. The van der Waals surface area contributed by atoms with E-state index in [9.17, 15) is 18.0 Å². The van der Waals surface area contributed by atoms with Crippen LogP contribution < -0.4 is 11.5 Å². The number of nitrogens with two attached hydrogens (primary N) is 2. The highest BCUT2D eigenvalue weighted by Gasteiger charge is 2.43. The van der Waals surface area contributed by atoms with Gasteiger partial charge in [0.1, 0.15) is 6.10 Å². The average Bonchev–Trinajstić information content (AvgIpc) is 2.39. The molecule has 0 fully saturated rings. The van der Waals surface area contributed by atoms with Gasteiger partial charge >= 0.3 is 6.18 Å². The largest absolute Gasteiger partial charge is 0.452 e. The molecule has 0 bridgehead atoms. The standard InChI is InChI=1S/C12H23F3N2O3/c13-12(14,15)11(18)10(20-9-3-6-17)4-1-7-19-8-2-5-16/h10H,1-9,16-17H2. The lowest BCUT2D eigenvalue weighted by atomic mass is 10.1. The number of rotatable bonds is 12. The molecule has 0 aromatic heterocycles. The number of hydrogen-bond acceptors (Lipinski definition) is 5. The van der Waals surface area contributed by atoms with Crippen LogP contribution in [0.5, 0.6) is 0 Å². The smallest absolute Gasteiger partial charge is 0.381 e. The van der Waals surface area contributed by atoms with Gasteiger partial charge in [0.25, 0.3) is 5.78 Å². The van der Waals surface area contributed by atoms with E-state index in [-0.39, 0.29) is 19.6 Å². The predicted octanol–water partition coefficient (Wildman–Crippen LogP) is 0.997. The van der Waals surface area contributed by atoms with Crippen molar-refractivity contribution in [1.29, 1.82) is 0 Å². The SMILES string of the molecule is NCCCOCCCC(OCCCN)C(=O)C(F)(F)F. The van der Waals surface area contributed by atoms with Crippen LogP contribution in [0.4, 0.5) is 13.2 Å². The first kappa shape index (κ1) is 19.3. The summed E-state index contributed by atoms with van der Waals surface area (Å²) < 4.78 is 47.3. The summed E-state index contributed by atoms with van der Waals surface area (Å²) in [5.41, 5.74) is 10.5. The predicted molar refractivity (Wildman–Crippen MR) is 68.2 cm³/mol. The Morgan fingerprint density at radius 1 is 1.00 bits per heavy atom. The molecular formula is C12H23F3N2O3. The zero-order chi connectivity index (χ0) is 15.4. The molecule has 0 saturated carbocycles. The van der Waals surface area contributed by atoms with E-state index >= 15 is 0 Å². The Bertz CT molecular complexity index is 263. The minimum atomic E-state index is -4.88. The first-order chi connectivity index (χ1) is 9.43. The molecule has 4 N–H and O–H groups in total. The third kappa shape index (κ3) is 9.24. The summed E-state index contributed by atoms with van der Waals surface area (Å²) >= 11 is 0. The Morgan fingerprint density at radius 2 is 1.55 bits per heavy atom. The van der Waals surface area contributed by atoms with Crippen molar-refractivity contribution < 1.29 is 27.4 Å². The molecule has 0 heterocycles. The van der Waals surface area contributed by atoms with Gasteiger partial charge in [0.15, 0.2) is 0 Å². The normalized spacial score (nSPS) is 13.4. The highest BCUT2D eigenvalue weighted by Crippen LogP contribution is 2.21. The molecule has 8 heteroatoms. The third-order valence-electron chi connectivity index (χ3n) is 2.49. The molecule has 0 aliphatic rings. The monoisotopic (exact) mass is 300 g/mol. The summed E-state index contributed by atoms with van der Waals surface area (Å²) in [6.07, 6.45) is -4.95. The molecule has 0 aromatic carbocycles. The number of alkyl halides is 3. The molecule has 0 amide bonds. The Morgan fingerprint density at radius 3 is 2.10 bits per heavy atom. The van der Waals surface area contributed by atoms with Crippen molar-refractivity contribution in [3.8, 4) is 0 Å². The van der Waals surface area contributed by atoms with Crippen molar-refractivity contribution in [2.24, 2.45) is 11.5 Å². The lowest BCUT2D eigenvalue weighted by Gasteiger charge is -2.18. The topological polar surface area (TPSA) is 87.6 Å². The van der Waals surface area contributed by atoms with Crippen LogP contribution in [0.15, 0.2) is 0 Å². The van der Waals surface area contributed by atoms with E-state index in [2.05, 4.69) is 0 Å². The minimum absolute atomic E-state index is 0.0223. The zero-order valence-electron chi connectivity index (χ0n) is 11.5. The molecule has 0 spiro atoms. The number of halogens is 3. The second kappa shape index (κ2) is 11.0. The van der Waals surface area contributed by atoms with Crippen molar-refractivity contribution in [3.05, 3.63) is 0 Å². The van der Waals surface area contributed by atoms with E-state index in [1.54, 1.807) is 0 Å². The van der Waals surface area contributed by atoms with Crippen LogP contribution in [0.2, 0.25) is 0 Å². The number of carbonyl (C=O) groups is 1. The van der Waals surface area contributed by atoms with Crippen molar-refractivity contribution in [3.63, 3.8) is 0 Å². The number of hydrogen-bond donors (Lipinski definition) is 2. The van der Waals surface area contributed by atoms with Gasteiger partial charge in [-0.2, -0.15) is 13.2 Å². The summed E-state index contributed by atoms with van der Waals surface area (Å²) in [5.74, 6) is -1.85. The zero-order valence-corrected chi connectivity index (χ0v) is 11.5. The third-order valence-corrected chi connectivity index (χ3v) is 2.49. The van der Waals surface area contributed by atoms with E-state index in [0.717, 1.165) is 0 Å². The molecule has 5 nitrogen and oxygen atoms in total. The Labute approximate surface area is 116 Å². The van der Waals surface area contributed by atoms with Crippen molar-refractivity contribution in [2.45, 2.75) is 38.0 Å². The fraction of sp³-hybridized carbons (Fsp3) is 0.917. The fourth-order valence-corrected chi connectivity index (χ4v) is 1.44. The molecule has 0 aromatic rings. The van der Waals surface area contributed by atoms with Gasteiger partial charge in [-0.15, -0.1) is 0 Å². The van der Waals surface area contributed by atoms with Crippen molar-refractivity contribution in [2.75, 3.05) is 32.9 Å². The van der Waals surface area contributed by atoms with Crippen LogP contribution in [0.3, 0.4) is 0 Å². The number of ether oxygens (including phenoxy) is 2. The Kier molecular flexibility index (Phi) is 10.6. The molecule has 0 aliphatic carbocycles. The first-order valence-electron chi connectivity index (χ1n) is 6.64. The first-order valence-corrected chi connectivity index (χ1v) is 6.64. The van der Waals surface area contributed by atoms with Crippen LogP contribution in [0.25, 0.3) is 0 Å². The van der Waals surface area contributed by atoms with E-state index in [0.29, 0.717) is 39.0 Å². The van der Waals surface area contributed by atoms with Gasteiger partial charge in [-0.25, -0.2) is 0 Å². The lowest BCUT2D eigenvalue weighted by molar-refractivity contribution is -0.183. The highest BCUT2D eigenvalue weighted by atomic mass is 19.4. The molecule has 20 heavy (non-hydrogen) atoms. The van der Waals surface area contributed by atoms with Gasteiger partial charge in [-0.1, -0.05) is 0 Å². The van der Waals surface area contributed by atoms with Gasteiger partial charge in [0.05, 0.1) is 0 Å². The maximum Gasteiger partial charge on any atom is 0.452 e. The van der Waals surface area contributed by atoms with Crippen LogP contribution in [-0.4, -0.2) is 51.0 Å². The second-order valence-electron chi connectivity index (χ2n) is 4.26. The maximum atomic E-state index is 12.4. The number of ketones is 1. The molecule has 0 radical (unpaired) electrons. The fourth-order valence-electron chi connectivity index (χ4n) is 1.44. The second-order valence-corrected chi connectivity index (χ2v) is 4.26. The summed E-state index contributed by atoms with van der Waals surface area (Å²) in [7, 11) is 0. The van der Waals surface area contributed by atoms with Crippen molar-refractivity contribution >= 4 is 5.78 Å².